The topological polar surface area (TPSA) is 52.6 Å². The molecule has 1 aliphatic carbocycles. The molecular formula is C28H30N2O2. The molecule has 0 aromatic heterocycles. The van der Waals surface area contributed by atoms with E-state index in [1.54, 1.807) is 6.07 Å². The number of hydrogen-bond donors (Lipinski definition) is 2. The van der Waals surface area contributed by atoms with Crippen LogP contribution in [0.15, 0.2) is 78.9 Å². The highest BCUT2D eigenvalue weighted by atomic mass is 16.3. The number of nitrogens with one attached hydrogen (secondary N) is 1. The summed E-state index contributed by atoms with van der Waals surface area (Å²) in [4.78, 5) is 15.5. The number of aromatic hydroxyl groups is 1. The third kappa shape index (κ3) is 4.42. The number of phenolic OH excluding ortho intramolecular Hbond substituents is 1. The quantitative estimate of drug-likeness (QED) is 0.586. The maximum atomic E-state index is 13.0. The molecule has 2 aliphatic rings. The molecule has 0 bridgehead atoms. The minimum atomic E-state index is -0.163. The van der Waals surface area contributed by atoms with Crippen molar-refractivity contribution < 1.29 is 9.90 Å². The van der Waals surface area contributed by atoms with Crippen LogP contribution >= 0.6 is 0 Å². The largest absolute Gasteiger partial charge is 0.508 e. The van der Waals surface area contributed by atoms with E-state index in [0.29, 0.717) is 18.3 Å². The third-order valence-electron chi connectivity index (χ3n) is 7.00. The van der Waals surface area contributed by atoms with Crippen LogP contribution in [0.25, 0.3) is 0 Å². The number of piperidine rings is 1. The summed E-state index contributed by atoms with van der Waals surface area (Å²) in [7, 11) is 0. The predicted octanol–water partition coefficient (Wildman–Crippen LogP) is 4.47. The van der Waals surface area contributed by atoms with Crippen molar-refractivity contribution in [3.8, 4) is 5.75 Å². The minimum Gasteiger partial charge on any atom is -0.508 e. The fraction of sp³-hybridized carbons (Fsp3) is 0.321. The molecule has 4 atom stereocenters. The number of hydrogen-bond acceptors (Lipinski definition) is 3. The summed E-state index contributed by atoms with van der Waals surface area (Å²) < 4.78 is 0. The first-order valence-corrected chi connectivity index (χ1v) is 11.5. The molecule has 164 valence electrons. The number of aryl methyl sites for hydroxylation is 1. The van der Waals surface area contributed by atoms with Crippen LogP contribution in [0.5, 0.6) is 5.75 Å². The normalized spacial score (nSPS) is 22.8. The van der Waals surface area contributed by atoms with E-state index in [1.165, 1.54) is 5.56 Å². The van der Waals surface area contributed by atoms with E-state index in [2.05, 4.69) is 40.5 Å². The van der Waals surface area contributed by atoms with Gasteiger partial charge in [0.15, 0.2) is 0 Å². The number of carbonyl (C=O) groups is 1. The van der Waals surface area contributed by atoms with Gasteiger partial charge < -0.3 is 10.4 Å². The molecule has 1 aliphatic heterocycles. The van der Waals surface area contributed by atoms with Gasteiger partial charge in [0.25, 0.3) is 0 Å². The van der Waals surface area contributed by atoms with Gasteiger partial charge in [0.1, 0.15) is 5.75 Å². The van der Waals surface area contributed by atoms with Crippen molar-refractivity contribution in [3.63, 3.8) is 0 Å². The SMILES string of the molecule is Cc1ccc(O)c(C(CC(=O)NC2[C@H]3CN(Cc4ccccc4)C[C@@H]23)c2ccccc2)c1. The zero-order chi connectivity index (χ0) is 22.1. The van der Waals surface area contributed by atoms with Gasteiger partial charge >= 0.3 is 0 Å². The van der Waals surface area contributed by atoms with Crippen molar-refractivity contribution in [2.24, 2.45) is 11.8 Å². The van der Waals surface area contributed by atoms with Crippen LogP contribution in [0.4, 0.5) is 0 Å². The summed E-state index contributed by atoms with van der Waals surface area (Å²) in [5, 5.41) is 13.8. The monoisotopic (exact) mass is 426 g/mol. The predicted molar refractivity (Wildman–Crippen MR) is 126 cm³/mol. The molecule has 5 rings (SSSR count). The smallest absolute Gasteiger partial charge is 0.221 e. The van der Waals surface area contributed by atoms with Crippen LogP contribution in [0.1, 0.15) is 34.6 Å². The van der Waals surface area contributed by atoms with Crippen LogP contribution in [0.2, 0.25) is 0 Å². The number of benzene rings is 3. The molecule has 0 radical (unpaired) electrons. The molecule has 1 saturated carbocycles. The maximum absolute atomic E-state index is 13.0. The van der Waals surface area contributed by atoms with E-state index in [0.717, 1.165) is 36.3 Å². The first-order chi connectivity index (χ1) is 15.6. The summed E-state index contributed by atoms with van der Waals surface area (Å²) in [6.45, 7) is 5.09. The zero-order valence-corrected chi connectivity index (χ0v) is 18.4. The number of fused-ring (bicyclic) bond motifs is 1. The molecule has 1 heterocycles. The Kier molecular flexibility index (Phi) is 5.71. The molecule has 2 fully saturated rings. The number of rotatable bonds is 7. The molecule has 4 nitrogen and oxygen atoms in total. The van der Waals surface area contributed by atoms with Gasteiger partial charge in [-0.25, -0.2) is 0 Å². The van der Waals surface area contributed by atoms with Gasteiger partial charge in [0.05, 0.1) is 0 Å². The lowest BCUT2D eigenvalue weighted by atomic mass is 9.87. The molecule has 3 aromatic rings. The molecule has 4 heteroatoms. The van der Waals surface area contributed by atoms with Gasteiger partial charge in [0.2, 0.25) is 5.91 Å². The van der Waals surface area contributed by atoms with Gasteiger partial charge in [0, 0.05) is 43.6 Å². The Balaban J connectivity index is 1.22. The van der Waals surface area contributed by atoms with Crippen molar-refractivity contribution in [1.29, 1.82) is 0 Å². The van der Waals surface area contributed by atoms with E-state index in [9.17, 15) is 9.90 Å². The van der Waals surface area contributed by atoms with E-state index in [4.69, 9.17) is 0 Å². The number of phenols is 1. The van der Waals surface area contributed by atoms with Gasteiger partial charge in [-0.05, 0) is 36.0 Å². The van der Waals surface area contributed by atoms with Crippen LogP contribution in [-0.2, 0) is 11.3 Å². The minimum absolute atomic E-state index is 0.0637. The van der Waals surface area contributed by atoms with E-state index in [1.807, 2.05) is 49.4 Å². The number of carbonyl (C=O) groups excluding carboxylic acids is 1. The van der Waals surface area contributed by atoms with Crippen molar-refractivity contribution >= 4 is 5.91 Å². The number of likely N-dealkylation sites (tertiary alicyclic amines) is 1. The molecule has 0 spiro atoms. The second-order valence-electron chi connectivity index (χ2n) is 9.33. The summed E-state index contributed by atoms with van der Waals surface area (Å²) in [6.07, 6.45) is 0.338. The summed E-state index contributed by atoms with van der Waals surface area (Å²) >= 11 is 0. The second kappa shape index (κ2) is 8.79. The maximum Gasteiger partial charge on any atom is 0.221 e. The van der Waals surface area contributed by atoms with Gasteiger partial charge in [-0.2, -0.15) is 0 Å². The molecule has 1 amide bonds. The molecular weight excluding hydrogens is 396 g/mol. The zero-order valence-electron chi connectivity index (χ0n) is 18.4. The molecule has 2 unspecified atom stereocenters. The van der Waals surface area contributed by atoms with Gasteiger partial charge in [-0.15, -0.1) is 0 Å². The molecule has 1 saturated heterocycles. The Morgan fingerprint density at radius 2 is 1.66 bits per heavy atom. The Labute approximate surface area is 189 Å². The molecule has 3 aromatic carbocycles. The lowest BCUT2D eigenvalue weighted by molar-refractivity contribution is -0.121. The van der Waals surface area contributed by atoms with Crippen LogP contribution in [-0.4, -0.2) is 35.0 Å². The van der Waals surface area contributed by atoms with E-state index >= 15 is 0 Å². The molecule has 2 N–H and O–H groups in total. The van der Waals surface area contributed by atoms with Gasteiger partial charge in [-0.1, -0.05) is 78.4 Å². The fourth-order valence-electron chi connectivity index (χ4n) is 5.27. The van der Waals surface area contributed by atoms with E-state index in [-0.39, 0.29) is 23.6 Å². The first-order valence-electron chi connectivity index (χ1n) is 11.5. The Hall–Kier alpha value is -3.11. The Bertz CT molecular complexity index is 1070. The second-order valence-corrected chi connectivity index (χ2v) is 9.33. The Morgan fingerprint density at radius 3 is 2.34 bits per heavy atom. The van der Waals surface area contributed by atoms with Crippen LogP contribution in [0, 0.1) is 18.8 Å². The van der Waals surface area contributed by atoms with Crippen molar-refractivity contribution in [1.82, 2.24) is 10.2 Å². The van der Waals surface area contributed by atoms with Crippen molar-refractivity contribution in [2.75, 3.05) is 13.1 Å². The van der Waals surface area contributed by atoms with Crippen LogP contribution < -0.4 is 5.32 Å². The summed E-state index contributed by atoms with van der Waals surface area (Å²) in [5.74, 6) is 1.27. The highest BCUT2D eigenvalue weighted by molar-refractivity contribution is 5.78. The van der Waals surface area contributed by atoms with E-state index < -0.39 is 0 Å². The highest BCUT2D eigenvalue weighted by Gasteiger charge is 2.56. The van der Waals surface area contributed by atoms with Crippen LogP contribution in [0.3, 0.4) is 0 Å². The van der Waals surface area contributed by atoms with Crippen molar-refractivity contribution in [2.45, 2.75) is 31.8 Å². The number of amides is 1. The first kappa shape index (κ1) is 20.8. The summed E-state index contributed by atoms with van der Waals surface area (Å²) in [6, 6.07) is 26.5. The average molecular weight is 427 g/mol. The Morgan fingerprint density at radius 1 is 1.00 bits per heavy atom. The van der Waals surface area contributed by atoms with Crippen molar-refractivity contribution in [3.05, 3.63) is 101 Å². The lowest BCUT2D eigenvalue weighted by Crippen LogP contribution is -2.35. The van der Waals surface area contributed by atoms with Gasteiger partial charge in [-0.3, -0.25) is 9.69 Å². The highest BCUT2D eigenvalue weighted by Crippen LogP contribution is 2.46. The molecule has 32 heavy (non-hydrogen) atoms. The average Bonchev–Trinajstić information content (AvgIpc) is 3.24. The fourth-order valence-corrected chi connectivity index (χ4v) is 5.27. The summed E-state index contributed by atoms with van der Waals surface area (Å²) in [5.41, 5.74) is 4.29. The lowest BCUT2D eigenvalue weighted by Gasteiger charge is -2.22. The number of nitrogens with zero attached hydrogens (tertiary/aromatic N) is 1. The third-order valence-corrected chi connectivity index (χ3v) is 7.00. The standard InChI is InChI=1S/C28H30N2O2/c1-19-12-13-26(31)23(14-19)22(21-10-6-3-7-11-21)15-27(32)29-28-24-17-30(18-25(24)28)16-20-8-4-2-5-9-20/h2-14,22,24-25,28,31H,15-18H2,1H3,(H,29,32)/t22?,24-,25+,28?.